The molecule has 0 rings (SSSR count). The lowest BCUT2D eigenvalue weighted by Crippen LogP contribution is -1.85. The molecule has 0 heterocycles. The van der Waals surface area contributed by atoms with Gasteiger partial charge in [0.15, 0.2) is 0 Å². The van der Waals surface area contributed by atoms with E-state index in [1.165, 1.54) is 57.4 Å². The number of carboxylic acids is 1. The number of carboxylic acid groups (broad SMARTS) is 1. The Labute approximate surface area is 99.7 Å². The Morgan fingerprint density at radius 3 is 1.94 bits per heavy atom. The summed E-state index contributed by atoms with van der Waals surface area (Å²) in [6.07, 6.45) is 15.7. The lowest BCUT2D eigenvalue weighted by molar-refractivity contribution is -0.131. The minimum absolute atomic E-state index is 0.837. The number of hydrogen-bond donors (Lipinski definition) is 1. The van der Waals surface area contributed by atoms with E-state index in [1.54, 1.807) is 6.08 Å². The van der Waals surface area contributed by atoms with Gasteiger partial charge in [-0.3, -0.25) is 0 Å². The van der Waals surface area contributed by atoms with E-state index in [-0.39, 0.29) is 0 Å². The van der Waals surface area contributed by atoms with E-state index in [1.807, 2.05) is 0 Å². The molecule has 0 saturated carbocycles. The van der Waals surface area contributed by atoms with E-state index in [2.05, 4.69) is 6.92 Å². The van der Waals surface area contributed by atoms with Crippen LogP contribution >= 0.6 is 0 Å². The largest absolute Gasteiger partial charge is 0.478 e. The zero-order valence-corrected chi connectivity index (χ0v) is 10.6. The van der Waals surface area contributed by atoms with Crippen molar-refractivity contribution in [3.05, 3.63) is 12.2 Å². The summed E-state index contributed by atoms with van der Waals surface area (Å²) in [5.74, 6) is -0.837. The van der Waals surface area contributed by atoms with Gasteiger partial charge in [0.1, 0.15) is 0 Å². The first kappa shape index (κ1) is 15.2. The van der Waals surface area contributed by atoms with Gasteiger partial charge >= 0.3 is 5.97 Å². The Morgan fingerprint density at radius 2 is 1.44 bits per heavy atom. The molecule has 0 aromatic heterocycles. The second-order valence-electron chi connectivity index (χ2n) is 4.36. The predicted octanol–water partition coefficient (Wildman–Crippen LogP) is 4.55. The second kappa shape index (κ2) is 12.3. The molecular formula is C14H26O2. The molecule has 0 bridgehead atoms. The quantitative estimate of drug-likeness (QED) is 0.414. The Hall–Kier alpha value is -0.790. The van der Waals surface area contributed by atoms with E-state index in [4.69, 9.17) is 5.11 Å². The van der Waals surface area contributed by atoms with Crippen molar-refractivity contribution in [2.75, 3.05) is 0 Å². The van der Waals surface area contributed by atoms with Gasteiger partial charge < -0.3 is 5.11 Å². The van der Waals surface area contributed by atoms with Crippen molar-refractivity contribution in [2.24, 2.45) is 0 Å². The van der Waals surface area contributed by atoms with Gasteiger partial charge in [0.25, 0.3) is 0 Å². The van der Waals surface area contributed by atoms with Gasteiger partial charge in [0.05, 0.1) is 0 Å². The average Bonchev–Trinajstić information content (AvgIpc) is 2.25. The molecule has 0 aliphatic heterocycles. The van der Waals surface area contributed by atoms with Gasteiger partial charge in [0.2, 0.25) is 0 Å². The molecule has 0 aliphatic rings. The van der Waals surface area contributed by atoms with Crippen molar-refractivity contribution < 1.29 is 9.90 Å². The topological polar surface area (TPSA) is 37.3 Å². The lowest BCUT2D eigenvalue weighted by Gasteiger charge is -2.00. The maximum atomic E-state index is 10.2. The van der Waals surface area contributed by atoms with Crippen LogP contribution in [0.5, 0.6) is 0 Å². The van der Waals surface area contributed by atoms with Crippen molar-refractivity contribution in [1.29, 1.82) is 0 Å². The predicted molar refractivity (Wildman–Crippen MR) is 68.6 cm³/mol. The molecule has 0 atom stereocenters. The number of aliphatic carboxylic acids is 1. The molecule has 0 unspecified atom stereocenters. The molecule has 0 aromatic carbocycles. The third-order valence-corrected chi connectivity index (χ3v) is 2.73. The van der Waals surface area contributed by atoms with Crippen molar-refractivity contribution in [3.63, 3.8) is 0 Å². The molecule has 2 heteroatoms. The van der Waals surface area contributed by atoms with Crippen LogP contribution in [0.1, 0.15) is 71.1 Å². The maximum absolute atomic E-state index is 10.2. The first-order chi connectivity index (χ1) is 7.77. The summed E-state index contributed by atoms with van der Waals surface area (Å²) < 4.78 is 0. The highest BCUT2D eigenvalue weighted by atomic mass is 16.4. The Morgan fingerprint density at radius 1 is 0.938 bits per heavy atom. The van der Waals surface area contributed by atoms with E-state index in [0.29, 0.717) is 0 Å². The highest BCUT2D eigenvalue weighted by Crippen LogP contribution is 2.10. The second-order valence-corrected chi connectivity index (χ2v) is 4.36. The molecule has 0 radical (unpaired) electrons. The monoisotopic (exact) mass is 226 g/mol. The molecule has 0 saturated heterocycles. The maximum Gasteiger partial charge on any atom is 0.327 e. The van der Waals surface area contributed by atoms with Gasteiger partial charge in [-0.05, 0) is 12.8 Å². The molecular weight excluding hydrogens is 200 g/mol. The zero-order chi connectivity index (χ0) is 12.1. The first-order valence-corrected chi connectivity index (χ1v) is 6.67. The normalized spacial score (nSPS) is 11.1. The fourth-order valence-electron chi connectivity index (χ4n) is 1.76. The molecule has 0 fully saturated rings. The molecule has 2 nitrogen and oxygen atoms in total. The summed E-state index contributed by atoms with van der Waals surface area (Å²) in [5.41, 5.74) is 0. The Bertz CT molecular complexity index is 185. The highest BCUT2D eigenvalue weighted by molar-refractivity contribution is 5.79. The number of unbranched alkanes of at least 4 members (excludes halogenated alkanes) is 9. The van der Waals surface area contributed by atoms with Gasteiger partial charge in [-0.15, -0.1) is 0 Å². The smallest absolute Gasteiger partial charge is 0.327 e. The number of allylic oxidation sites excluding steroid dienone is 1. The SMILES string of the molecule is CCCCCCCCCCC/C=C\C(=O)O. The standard InChI is InChI=1S/C14H26O2/c1-2-3-4-5-6-7-8-9-10-11-12-13-14(15)16/h12-13H,2-11H2,1H3,(H,15,16)/b13-12-. The number of rotatable bonds is 11. The van der Waals surface area contributed by atoms with Crippen LogP contribution < -0.4 is 0 Å². The van der Waals surface area contributed by atoms with Crippen LogP contribution in [0.3, 0.4) is 0 Å². The molecule has 94 valence electrons. The lowest BCUT2D eigenvalue weighted by atomic mass is 10.1. The Kier molecular flexibility index (Phi) is 11.7. The molecule has 0 aliphatic carbocycles. The zero-order valence-electron chi connectivity index (χ0n) is 10.6. The average molecular weight is 226 g/mol. The van der Waals surface area contributed by atoms with Gasteiger partial charge in [-0.1, -0.05) is 64.4 Å². The summed E-state index contributed by atoms with van der Waals surface area (Å²) >= 11 is 0. The summed E-state index contributed by atoms with van der Waals surface area (Å²) in [6, 6.07) is 0. The first-order valence-electron chi connectivity index (χ1n) is 6.67. The number of carbonyl (C=O) groups is 1. The van der Waals surface area contributed by atoms with Crippen LogP contribution in [0.4, 0.5) is 0 Å². The minimum Gasteiger partial charge on any atom is -0.478 e. The van der Waals surface area contributed by atoms with Crippen LogP contribution in [0.15, 0.2) is 12.2 Å². The highest BCUT2D eigenvalue weighted by Gasteiger charge is 1.91. The van der Waals surface area contributed by atoms with Crippen LogP contribution in [0.25, 0.3) is 0 Å². The third-order valence-electron chi connectivity index (χ3n) is 2.73. The third kappa shape index (κ3) is 13.2. The van der Waals surface area contributed by atoms with Crippen molar-refractivity contribution >= 4 is 5.97 Å². The van der Waals surface area contributed by atoms with Gasteiger partial charge in [-0.2, -0.15) is 0 Å². The summed E-state index contributed by atoms with van der Waals surface area (Å²) in [4.78, 5) is 10.2. The summed E-state index contributed by atoms with van der Waals surface area (Å²) in [7, 11) is 0. The van der Waals surface area contributed by atoms with Crippen LogP contribution in [0, 0.1) is 0 Å². The molecule has 0 amide bonds. The van der Waals surface area contributed by atoms with E-state index >= 15 is 0 Å². The van der Waals surface area contributed by atoms with Crippen molar-refractivity contribution in [3.8, 4) is 0 Å². The van der Waals surface area contributed by atoms with Gasteiger partial charge in [-0.25, -0.2) is 4.79 Å². The van der Waals surface area contributed by atoms with Crippen LogP contribution in [-0.4, -0.2) is 11.1 Å². The van der Waals surface area contributed by atoms with Crippen molar-refractivity contribution in [2.45, 2.75) is 71.1 Å². The fourth-order valence-corrected chi connectivity index (χ4v) is 1.76. The summed E-state index contributed by atoms with van der Waals surface area (Å²) in [6.45, 7) is 2.24. The molecule has 16 heavy (non-hydrogen) atoms. The minimum atomic E-state index is -0.837. The van der Waals surface area contributed by atoms with Gasteiger partial charge in [0, 0.05) is 6.08 Å². The van der Waals surface area contributed by atoms with E-state index < -0.39 is 5.97 Å². The molecule has 0 spiro atoms. The molecule has 1 N–H and O–H groups in total. The van der Waals surface area contributed by atoms with Crippen LogP contribution in [0.2, 0.25) is 0 Å². The van der Waals surface area contributed by atoms with E-state index in [0.717, 1.165) is 12.8 Å². The van der Waals surface area contributed by atoms with E-state index in [9.17, 15) is 4.79 Å². The van der Waals surface area contributed by atoms with Crippen LogP contribution in [-0.2, 0) is 4.79 Å². The molecule has 0 aromatic rings. The summed E-state index contributed by atoms with van der Waals surface area (Å²) in [5, 5.41) is 8.37. The number of hydrogen-bond acceptors (Lipinski definition) is 1. The Balaban J connectivity index is 3.01. The van der Waals surface area contributed by atoms with Crippen molar-refractivity contribution in [1.82, 2.24) is 0 Å². The fraction of sp³-hybridized carbons (Fsp3) is 0.786.